The van der Waals surface area contributed by atoms with Crippen LogP contribution in [0.25, 0.3) is 0 Å². The van der Waals surface area contributed by atoms with E-state index in [9.17, 15) is 13.2 Å². The fraction of sp³-hybridized carbons (Fsp3) is 0.278. The van der Waals surface area contributed by atoms with E-state index in [1.54, 1.807) is 18.2 Å². The van der Waals surface area contributed by atoms with Crippen LogP contribution in [0.3, 0.4) is 0 Å². The third-order valence-corrected chi connectivity index (χ3v) is 6.55. The Morgan fingerprint density at radius 3 is 2.68 bits per heavy atom. The van der Waals surface area contributed by atoms with E-state index in [1.807, 2.05) is 18.2 Å². The van der Waals surface area contributed by atoms with E-state index in [1.165, 1.54) is 23.4 Å². The number of carbonyl (C=O) groups is 1. The van der Waals surface area contributed by atoms with Crippen LogP contribution in [0.15, 0.2) is 53.4 Å². The molecule has 1 saturated heterocycles. The van der Waals surface area contributed by atoms with Crippen LogP contribution in [0.2, 0.25) is 5.02 Å². The zero-order valence-corrected chi connectivity index (χ0v) is 15.3. The SMILES string of the molecule is CC(=O)c1cccc(S(=O)(=O)N2CCNCC2c2ccccc2Cl)c1. The van der Waals surface area contributed by atoms with Crippen molar-refractivity contribution in [2.24, 2.45) is 0 Å². The predicted octanol–water partition coefficient (Wildman–Crippen LogP) is 2.88. The van der Waals surface area contributed by atoms with Gasteiger partial charge in [0.15, 0.2) is 5.78 Å². The maximum absolute atomic E-state index is 13.2. The number of piperazine rings is 1. The number of hydrogen-bond acceptors (Lipinski definition) is 4. The van der Waals surface area contributed by atoms with Gasteiger partial charge in [-0.1, -0.05) is 41.9 Å². The van der Waals surface area contributed by atoms with Crippen molar-refractivity contribution in [3.63, 3.8) is 0 Å². The minimum atomic E-state index is -3.75. The monoisotopic (exact) mass is 378 g/mol. The van der Waals surface area contributed by atoms with Gasteiger partial charge in [0, 0.05) is 30.2 Å². The van der Waals surface area contributed by atoms with Gasteiger partial charge in [0.1, 0.15) is 0 Å². The van der Waals surface area contributed by atoms with Gasteiger partial charge in [-0.25, -0.2) is 8.42 Å². The van der Waals surface area contributed by atoms with Crippen molar-refractivity contribution < 1.29 is 13.2 Å². The molecule has 1 atom stereocenters. The minimum absolute atomic E-state index is 0.124. The Hall–Kier alpha value is -1.73. The highest BCUT2D eigenvalue weighted by atomic mass is 35.5. The third kappa shape index (κ3) is 3.62. The first kappa shape index (κ1) is 18.1. The first-order chi connectivity index (χ1) is 11.9. The van der Waals surface area contributed by atoms with Crippen LogP contribution in [0.5, 0.6) is 0 Å². The molecular weight excluding hydrogens is 360 g/mol. The van der Waals surface area contributed by atoms with Crippen molar-refractivity contribution in [2.75, 3.05) is 19.6 Å². The third-order valence-electron chi connectivity index (χ3n) is 4.31. The Morgan fingerprint density at radius 2 is 1.96 bits per heavy atom. The Morgan fingerprint density at radius 1 is 1.20 bits per heavy atom. The molecular formula is C18H19ClN2O3S. The summed E-state index contributed by atoms with van der Waals surface area (Å²) >= 11 is 6.29. The van der Waals surface area contributed by atoms with Gasteiger partial charge in [0.25, 0.3) is 0 Å². The summed E-state index contributed by atoms with van der Waals surface area (Å²) in [6.07, 6.45) is 0. The zero-order chi connectivity index (χ0) is 18.0. The molecule has 132 valence electrons. The van der Waals surface area contributed by atoms with Crippen LogP contribution in [-0.4, -0.2) is 38.1 Å². The number of nitrogens with zero attached hydrogens (tertiary/aromatic N) is 1. The molecule has 25 heavy (non-hydrogen) atoms. The van der Waals surface area contributed by atoms with Crippen LogP contribution in [0.4, 0.5) is 0 Å². The fourth-order valence-electron chi connectivity index (χ4n) is 2.99. The zero-order valence-electron chi connectivity index (χ0n) is 13.8. The molecule has 2 aromatic rings. The molecule has 0 aliphatic carbocycles. The fourth-order valence-corrected chi connectivity index (χ4v) is 4.91. The second kappa shape index (κ2) is 7.25. The van der Waals surface area contributed by atoms with Crippen molar-refractivity contribution >= 4 is 27.4 Å². The van der Waals surface area contributed by atoms with Crippen molar-refractivity contribution in [1.82, 2.24) is 9.62 Å². The van der Waals surface area contributed by atoms with Gasteiger partial charge in [-0.2, -0.15) is 4.31 Å². The summed E-state index contributed by atoms with van der Waals surface area (Å²) in [6.45, 7) is 2.80. The number of carbonyl (C=O) groups excluding carboxylic acids is 1. The van der Waals surface area contributed by atoms with Gasteiger partial charge in [0.05, 0.1) is 10.9 Å². The quantitative estimate of drug-likeness (QED) is 0.831. The standard InChI is InChI=1S/C18H19ClN2O3S/c1-13(22)14-5-4-6-15(11-14)25(23,24)21-10-9-20-12-18(21)16-7-2-3-8-17(16)19/h2-8,11,18,20H,9-10,12H2,1H3. The molecule has 1 aliphatic heterocycles. The van der Waals surface area contributed by atoms with E-state index in [2.05, 4.69) is 5.32 Å². The average molecular weight is 379 g/mol. The Balaban J connectivity index is 2.03. The summed E-state index contributed by atoms with van der Waals surface area (Å²) in [5.41, 5.74) is 1.15. The molecule has 0 bridgehead atoms. The first-order valence-electron chi connectivity index (χ1n) is 7.99. The Bertz CT molecular complexity index is 899. The van der Waals surface area contributed by atoms with Gasteiger partial charge in [-0.15, -0.1) is 0 Å². The van der Waals surface area contributed by atoms with Crippen molar-refractivity contribution in [1.29, 1.82) is 0 Å². The smallest absolute Gasteiger partial charge is 0.243 e. The maximum atomic E-state index is 13.2. The summed E-state index contributed by atoms with van der Waals surface area (Å²) in [7, 11) is -3.75. The lowest BCUT2D eigenvalue weighted by molar-refractivity contribution is 0.101. The van der Waals surface area contributed by atoms with Crippen LogP contribution >= 0.6 is 11.6 Å². The normalized spacial score (nSPS) is 18.9. The summed E-state index contributed by atoms with van der Waals surface area (Å²) in [6, 6.07) is 13.0. The highest BCUT2D eigenvalue weighted by Gasteiger charge is 2.35. The van der Waals surface area contributed by atoms with Crippen molar-refractivity contribution in [3.8, 4) is 0 Å². The highest BCUT2D eigenvalue weighted by Crippen LogP contribution is 2.32. The summed E-state index contributed by atoms with van der Waals surface area (Å²) < 4.78 is 27.9. The van der Waals surface area contributed by atoms with Crippen LogP contribution < -0.4 is 5.32 Å². The first-order valence-corrected chi connectivity index (χ1v) is 9.81. The number of halogens is 1. The largest absolute Gasteiger partial charge is 0.313 e. The molecule has 1 aliphatic rings. The molecule has 0 radical (unpaired) electrons. The molecule has 1 fully saturated rings. The van der Waals surface area contributed by atoms with Crippen molar-refractivity contribution in [3.05, 3.63) is 64.7 Å². The van der Waals surface area contributed by atoms with E-state index in [4.69, 9.17) is 11.6 Å². The Kier molecular flexibility index (Phi) is 5.24. The van der Waals surface area contributed by atoms with E-state index in [0.717, 1.165) is 5.56 Å². The molecule has 0 aromatic heterocycles. The predicted molar refractivity (Wildman–Crippen MR) is 97.4 cm³/mol. The van der Waals surface area contributed by atoms with Crippen LogP contribution in [-0.2, 0) is 10.0 Å². The number of ketones is 1. The molecule has 0 saturated carbocycles. The van der Waals surface area contributed by atoms with E-state index >= 15 is 0 Å². The van der Waals surface area contributed by atoms with Crippen LogP contribution in [0.1, 0.15) is 28.9 Å². The number of nitrogens with one attached hydrogen (secondary N) is 1. The number of Topliss-reactive ketones (excluding diaryl/α,β-unsaturated/α-hetero) is 1. The molecule has 7 heteroatoms. The average Bonchev–Trinajstić information content (AvgIpc) is 2.62. The lowest BCUT2D eigenvalue weighted by atomic mass is 10.1. The summed E-state index contributed by atoms with van der Waals surface area (Å²) in [5, 5.41) is 3.76. The molecule has 1 heterocycles. The molecule has 0 spiro atoms. The molecule has 2 aromatic carbocycles. The van der Waals surface area contributed by atoms with E-state index in [-0.39, 0.29) is 10.7 Å². The minimum Gasteiger partial charge on any atom is -0.313 e. The van der Waals surface area contributed by atoms with Gasteiger partial charge >= 0.3 is 0 Å². The van der Waals surface area contributed by atoms with E-state index < -0.39 is 16.1 Å². The molecule has 3 rings (SSSR count). The summed E-state index contributed by atoms with van der Waals surface area (Å²) in [5.74, 6) is -0.167. The molecule has 5 nitrogen and oxygen atoms in total. The second-order valence-corrected chi connectivity index (χ2v) is 8.24. The van der Waals surface area contributed by atoms with Gasteiger partial charge in [-0.3, -0.25) is 4.79 Å². The number of sulfonamides is 1. The lowest BCUT2D eigenvalue weighted by Gasteiger charge is -2.35. The molecule has 1 unspecified atom stereocenters. The van der Waals surface area contributed by atoms with Gasteiger partial charge < -0.3 is 5.32 Å². The van der Waals surface area contributed by atoms with E-state index in [0.29, 0.717) is 30.2 Å². The number of hydrogen-bond donors (Lipinski definition) is 1. The maximum Gasteiger partial charge on any atom is 0.243 e. The number of benzene rings is 2. The van der Waals surface area contributed by atoms with Crippen molar-refractivity contribution in [2.45, 2.75) is 17.9 Å². The van der Waals surface area contributed by atoms with Crippen LogP contribution in [0, 0.1) is 0 Å². The van der Waals surface area contributed by atoms with Gasteiger partial charge in [0.2, 0.25) is 10.0 Å². The lowest BCUT2D eigenvalue weighted by Crippen LogP contribution is -2.48. The number of rotatable bonds is 4. The summed E-state index contributed by atoms with van der Waals surface area (Å²) in [4.78, 5) is 11.7. The molecule has 1 N–H and O–H groups in total. The van der Waals surface area contributed by atoms with Gasteiger partial charge in [-0.05, 0) is 30.7 Å². The topological polar surface area (TPSA) is 66.5 Å². The Labute approximate surface area is 152 Å². The molecule has 0 amide bonds. The highest BCUT2D eigenvalue weighted by molar-refractivity contribution is 7.89. The second-order valence-electron chi connectivity index (χ2n) is 5.94.